The predicted octanol–water partition coefficient (Wildman–Crippen LogP) is 5.03. The Morgan fingerprint density at radius 1 is 0.935 bits per heavy atom. The minimum atomic E-state index is -0.666. The van der Waals surface area contributed by atoms with Crippen molar-refractivity contribution in [3.8, 4) is 5.75 Å². The summed E-state index contributed by atoms with van der Waals surface area (Å²) in [7, 11) is 0. The first kappa shape index (κ1) is 22.1. The lowest BCUT2D eigenvalue weighted by Gasteiger charge is -2.20. The summed E-state index contributed by atoms with van der Waals surface area (Å²) in [6, 6.07) is 22.6. The number of para-hydroxylation sites is 1. The van der Waals surface area contributed by atoms with Gasteiger partial charge in [-0.2, -0.15) is 0 Å². The van der Waals surface area contributed by atoms with Gasteiger partial charge in [-0.1, -0.05) is 61.5 Å². The summed E-state index contributed by atoms with van der Waals surface area (Å²) in [5, 5.41) is 5.77. The third kappa shape index (κ3) is 5.95. The first-order valence-corrected chi connectivity index (χ1v) is 10.4. The average Bonchev–Trinajstić information content (AvgIpc) is 2.79. The monoisotopic (exact) mass is 416 g/mol. The van der Waals surface area contributed by atoms with Crippen LogP contribution in [0.5, 0.6) is 5.75 Å². The average molecular weight is 417 g/mol. The van der Waals surface area contributed by atoms with Crippen LogP contribution >= 0.6 is 0 Å². The van der Waals surface area contributed by atoms with Crippen molar-refractivity contribution in [3.05, 3.63) is 95.1 Å². The molecule has 0 saturated carbocycles. The molecule has 3 aromatic carbocycles. The second kappa shape index (κ2) is 10.4. The predicted molar refractivity (Wildman–Crippen MR) is 123 cm³/mol. The van der Waals surface area contributed by atoms with Crippen molar-refractivity contribution in [3.63, 3.8) is 0 Å². The van der Waals surface area contributed by atoms with E-state index in [-0.39, 0.29) is 11.8 Å². The van der Waals surface area contributed by atoms with Gasteiger partial charge in [0.05, 0.1) is 11.3 Å². The lowest BCUT2D eigenvalue weighted by atomic mass is 10.1. The van der Waals surface area contributed by atoms with Crippen molar-refractivity contribution in [2.75, 3.05) is 5.32 Å². The largest absolute Gasteiger partial charge is 0.480 e. The highest BCUT2D eigenvalue weighted by atomic mass is 16.5. The molecule has 3 aromatic rings. The van der Waals surface area contributed by atoms with E-state index in [9.17, 15) is 9.59 Å². The third-order valence-electron chi connectivity index (χ3n) is 5.00. The van der Waals surface area contributed by atoms with Crippen LogP contribution in [-0.2, 0) is 11.3 Å². The van der Waals surface area contributed by atoms with Crippen LogP contribution in [0.3, 0.4) is 0 Å². The van der Waals surface area contributed by atoms with Gasteiger partial charge in [-0.25, -0.2) is 0 Å². The van der Waals surface area contributed by atoms with Gasteiger partial charge in [0.25, 0.3) is 11.8 Å². The lowest BCUT2D eigenvalue weighted by Crippen LogP contribution is -2.33. The van der Waals surface area contributed by atoms with Crippen LogP contribution in [0.15, 0.2) is 72.8 Å². The molecule has 5 nitrogen and oxygen atoms in total. The van der Waals surface area contributed by atoms with Gasteiger partial charge >= 0.3 is 0 Å². The number of carbonyl (C=O) groups excluding carboxylic acids is 2. The van der Waals surface area contributed by atoms with E-state index in [2.05, 4.69) is 10.6 Å². The van der Waals surface area contributed by atoms with Gasteiger partial charge in [-0.05, 0) is 55.2 Å². The Morgan fingerprint density at radius 2 is 1.65 bits per heavy atom. The summed E-state index contributed by atoms with van der Waals surface area (Å²) in [5.41, 5.74) is 3.91. The fourth-order valence-electron chi connectivity index (χ4n) is 3.19. The van der Waals surface area contributed by atoms with E-state index >= 15 is 0 Å². The number of aryl methyl sites for hydroxylation is 2. The van der Waals surface area contributed by atoms with Gasteiger partial charge in [0.15, 0.2) is 6.10 Å². The number of nitrogens with one attached hydrogen (secondary N) is 2. The van der Waals surface area contributed by atoms with Gasteiger partial charge in [-0.3, -0.25) is 9.59 Å². The molecular weight excluding hydrogens is 388 g/mol. The van der Waals surface area contributed by atoms with E-state index < -0.39 is 6.10 Å². The highest BCUT2D eigenvalue weighted by molar-refractivity contribution is 6.04. The van der Waals surface area contributed by atoms with E-state index in [1.54, 1.807) is 24.3 Å². The molecule has 0 radical (unpaired) electrons. The molecule has 0 aromatic heterocycles. The fourth-order valence-corrected chi connectivity index (χ4v) is 3.19. The number of hydrogen-bond donors (Lipinski definition) is 2. The molecule has 3 rings (SSSR count). The first-order chi connectivity index (χ1) is 15.0. The minimum Gasteiger partial charge on any atom is -0.480 e. The standard InChI is InChI=1S/C26H28N2O3/c1-4-23(31-24-16-18(2)14-15-19(24)3)26(30)28-22-13-9-8-12-21(22)25(29)27-17-20-10-6-5-7-11-20/h5-16,23H,4,17H2,1-3H3,(H,27,29)(H,28,30)/t23-/m0/s1. The molecule has 0 heterocycles. The molecule has 0 spiro atoms. The summed E-state index contributed by atoms with van der Waals surface area (Å²) >= 11 is 0. The van der Waals surface area contributed by atoms with Crippen molar-refractivity contribution in [2.45, 2.75) is 39.8 Å². The highest BCUT2D eigenvalue weighted by Gasteiger charge is 2.21. The van der Waals surface area contributed by atoms with Crippen LogP contribution < -0.4 is 15.4 Å². The molecule has 2 amide bonds. The highest BCUT2D eigenvalue weighted by Crippen LogP contribution is 2.22. The molecule has 0 aliphatic heterocycles. The Balaban J connectivity index is 1.70. The van der Waals surface area contributed by atoms with Crippen molar-refractivity contribution in [2.24, 2.45) is 0 Å². The second-order valence-electron chi connectivity index (χ2n) is 7.49. The van der Waals surface area contributed by atoms with E-state index in [0.29, 0.717) is 30.0 Å². The van der Waals surface area contributed by atoms with Gasteiger partial charge in [0.1, 0.15) is 5.75 Å². The summed E-state index contributed by atoms with van der Waals surface area (Å²) in [6.45, 7) is 6.24. The maximum Gasteiger partial charge on any atom is 0.265 e. The number of anilines is 1. The number of hydrogen-bond acceptors (Lipinski definition) is 3. The Hall–Kier alpha value is -3.60. The molecule has 0 bridgehead atoms. The smallest absolute Gasteiger partial charge is 0.265 e. The zero-order chi connectivity index (χ0) is 22.2. The van der Waals surface area contributed by atoms with Crippen LogP contribution in [0.2, 0.25) is 0 Å². The molecule has 1 atom stereocenters. The van der Waals surface area contributed by atoms with Crippen LogP contribution in [0.25, 0.3) is 0 Å². The van der Waals surface area contributed by atoms with Gasteiger partial charge in [0.2, 0.25) is 0 Å². The van der Waals surface area contributed by atoms with E-state index in [1.165, 1.54) is 0 Å². The van der Waals surface area contributed by atoms with Crippen LogP contribution in [0, 0.1) is 13.8 Å². The van der Waals surface area contributed by atoms with Crippen molar-refractivity contribution < 1.29 is 14.3 Å². The Labute approximate surface area is 183 Å². The van der Waals surface area contributed by atoms with Crippen molar-refractivity contribution in [1.82, 2.24) is 5.32 Å². The Morgan fingerprint density at radius 3 is 2.39 bits per heavy atom. The maximum atomic E-state index is 12.9. The van der Waals surface area contributed by atoms with Gasteiger partial charge in [-0.15, -0.1) is 0 Å². The van der Waals surface area contributed by atoms with E-state index in [1.807, 2.05) is 69.3 Å². The molecule has 160 valence electrons. The zero-order valence-corrected chi connectivity index (χ0v) is 18.1. The molecule has 31 heavy (non-hydrogen) atoms. The van der Waals surface area contributed by atoms with Crippen molar-refractivity contribution in [1.29, 1.82) is 0 Å². The number of amides is 2. The number of rotatable bonds is 8. The Kier molecular flexibility index (Phi) is 7.44. The third-order valence-corrected chi connectivity index (χ3v) is 5.00. The molecule has 0 aliphatic carbocycles. The topological polar surface area (TPSA) is 67.4 Å². The molecule has 0 fully saturated rings. The second-order valence-corrected chi connectivity index (χ2v) is 7.49. The van der Waals surface area contributed by atoms with E-state index in [4.69, 9.17) is 4.74 Å². The first-order valence-electron chi connectivity index (χ1n) is 10.4. The zero-order valence-electron chi connectivity index (χ0n) is 18.1. The fraction of sp³-hybridized carbons (Fsp3) is 0.231. The van der Waals surface area contributed by atoms with Crippen LogP contribution in [-0.4, -0.2) is 17.9 Å². The molecule has 0 aliphatic rings. The Bertz CT molecular complexity index is 1050. The van der Waals surface area contributed by atoms with Crippen molar-refractivity contribution >= 4 is 17.5 Å². The number of ether oxygens (including phenoxy) is 1. The van der Waals surface area contributed by atoms with Gasteiger partial charge in [0, 0.05) is 6.54 Å². The minimum absolute atomic E-state index is 0.247. The number of carbonyl (C=O) groups is 2. The summed E-state index contributed by atoms with van der Waals surface area (Å²) in [6.07, 6.45) is -0.164. The summed E-state index contributed by atoms with van der Waals surface area (Å²) < 4.78 is 6.00. The summed E-state index contributed by atoms with van der Waals surface area (Å²) in [4.78, 5) is 25.7. The maximum absolute atomic E-state index is 12.9. The van der Waals surface area contributed by atoms with Crippen LogP contribution in [0.4, 0.5) is 5.69 Å². The SMILES string of the molecule is CC[C@H](Oc1cc(C)ccc1C)C(=O)Nc1ccccc1C(=O)NCc1ccccc1. The molecular formula is C26H28N2O3. The molecule has 0 unspecified atom stereocenters. The van der Waals surface area contributed by atoms with Crippen LogP contribution in [0.1, 0.15) is 40.4 Å². The normalized spacial score (nSPS) is 11.5. The number of benzene rings is 3. The summed E-state index contributed by atoms with van der Waals surface area (Å²) in [5.74, 6) is 0.158. The molecule has 0 saturated heterocycles. The molecule has 5 heteroatoms. The van der Waals surface area contributed by atoms with E-state index in [0.717, 1.165) is 16.7 Å². The van der Waals surface area contributed by atoms with Gasteiger partial charge < -0.3 is 15.4 Å². The quantitative estimate of drug-likeness (QED) is 0.541. The molecule has 2 N–H and O–H groups in total. The lowest BCUT2D eigenvalue weighted by molar-refractivity contribution is -0.122.